The van der Waals surface area contributed by atoms with Gasteiger partial charge in [0.15, 0.2) is 5.78 Å². The number of benzene rings is 2. The third kappa shape index (κ3) is 5.44. The van der Waals surface area contributed by atoms with Crippen molar-refractivity contribution in [3.63, 3.8) is 0 Å². The van der Waals surface area contributed by atoms with E-state index in [0.717, 1.165) is 17.5 Å². The number of carbonyl (C=O) groups is 1. The van der Waals surface area contributed by atoms with Crippen molar-refractivity contribution in [2.24, 2.45) is 0 Å². The number of rotatable bonds is 5. The summed E-state index contributed by atoms with van der Waals surface area (Å²) in [6.07, 6.45) is 3.17. The fourth-order valence-electron chi connectivity index (χ4n) is 3.63. The second-order valence-corrected chi connectivity index (χ2v) is 8.20. The summed E-state index contributed by atoms with van der Waals surface area (Å²) >= 11 is 0. The zero-order valence-corrected chi connectivity index (χ0v) is 19.6. The van der Waals surface area contributed by atoms with E-state index >= 15 is 0 Å². The van der Waals surface area contributed by atoms with Crippen LogP contribution in [0.4, 0.5) is 0 Å². The molecule has 0 atom stereocenters. The molecule has 0 saturated carbocycles. The van der Waals surface area contributed by atoms with Crippen LogP contribution >= 0.6 is 0 Å². The second kappa shape index (κ2) is 9.87. The highest BCUT2D eigenvalue weighted by atomic mass is 16.1. The van der Waals surface area contributed by atoms with Crippen LogP contribution in [0.2, 0.25) is 0 Å². The number of allylic oxidation sites excluding steroid dienone is 2. The molecule has 0 unspecified atom stereocenters. The van der Waals surface area contributed by atoms with Gasteiger partial charge in [-0.2, -0.15) is 0 Å². The van der Waals surface area contributed by atoms with Gasteiger partial charge in [-0.1, -0.05) is 64.1 Å². The highest BCUT2D eigenvalue weighted by molar-refractivity contribution is 5.95. The molecule has 0 aromatic heterocycles. The highest BCUT2D eigenvalue weighted by Gasteiger charge is 2.24. The average molecular weight is 379 g/mol. The normalized spacial score (nSPS) is 11.7. The van der Waals surface area contributed by atoms with Crippen LogP contribution in [-0.2, 0) is 5.41 Å². The van der Waals surface area contributed by atoms with E-state index in [9.17, 15) is 4.79 Å². The number of aryl methyl sites for hydroxylation is 3. The molecule has 0 radical (unpaired) electrons. The molecule has 0 aliphatic carbocycles. The molecule has 0 heterocycles. The number of hydrogen-bond donors (Lipinski definition) is 0. The topological polar surface area (TPSA) is 17.1 Å². The Hall–Kier alpha value is -2.15. The van der Waals surface area contributed by atoms with E-state index in [2.05, 4.69) is 71.9 Å². The zero-order valence-electron chi connectivity index (χ0n) is 19.6. The molecular formula is C27H38O. The molecule has 152 valence electrons. The zero-order chi connectivity index (χ0) is 21.6. The number of Topliss-reactive ketones (excluding diaryl/α,β-unsaturated/α-hetero) is 1. The molecule has 28 heavy (non-hydrogen) atoms. The molecule has 2 aromatic carbocycles. The van der Waals surface area contributed by atoms with E-state index < -0.39 is 0 Å². The summed E-state index contributed by atoms with van der Waals surface area (Å²) in [6, 6.07) is 10.9. The maximum Gasteiger partial charge on any atom is 0.160 e. The van der Waals surface area contributed by atoms with Crippen LogP contribution in [0.15, 0.2) is 36.4 Å². The quantitative estimate of drug-likeness (QED) is 0.483. The molecular weight excluding hydrogens is 340 g/mol. The molecule has 0 aliphatic rings. The van der Waals surface area contributed by atoms with Crippen LogP contribution in [-0.4, -0.2) is 5.78 Å². The van der Waals surface area contributed by atoms with E-state index in [1.165, 1.54) is 33.4 Å². The summed E-state index contributed by atoms with van der Waals surface area (Å²) in [6.45, 7) is 21.0. The lowest BCUT2D eigenvalue weighted by Gasteiger charge is -2.28. The molecule has 2 rings (SSSR count). The fraction of sp³-hybridized carbons (Fsp3) is 0.444. The van der Waals surface area contributed by atoms with Gasteiger partial charge >= 0.3 is 0 Å². The van der Waals surface area contributed by atoms with Crippen LogP contribution in [0.25, 0.3) is 5.57 Å². The van der Waals surface area contributed by atoms with Crippen LogP contribution in [0.5, 0.6) is 0 Å². The maximum absolute atomic E-state index is 11.7. The van der Waals surface area contributed by atoms with Crippen molar-refractivity contribution in [2.45, 2.75) is 81.1 Å². The Morgan fingerprint density at radius 2 is 1.46 bits per heavy atom. The summed E-state index contributed by atoms with van der Waals surface area (Å²) in [5.41, 5.74) is 9.92. The first-order valence-electron chi connectivity index (χ1n) is 10.4. The third-order valence-electron chi connectivity index (χ3n) is 5.67. The van der Waals surface area contributed by atoms with Gasteiger partial charge in [0.05, 0.1) is 0 Å². The van der Waals surface area contributed by atoms with Crippen molar-refractivity contribution >= 4 is 11.4 Å². The minimum atomic E-state index is 0.0399. The monoisotopic (exact) mass is 378 g/mol. The van der Waals surface area contributed by atoms with Gasteiger partial charge in [-0.05, 0) is 92.3 Å². The predicted molar refractivity (Wildman–Crippen MR) is 124 cm³/mol. The Balaban J connectivity index is 0.00000190. The van der Waals surface area contributed by atoms with Crippen molar-refractivity contribution in [1.29, 1.82) is 0 Å². The van der Waals surface area contributed by atoms with Gasteiger partial charge < -0.3 is 0 Å². The number of ketones is 1. The van der Waals surface area contributed by atoms with Crippen molar-refractivity contribution < 1.29 is 4.79 Å². The minimum absolute atomic E-state index is 0.0399. The van der Waals surface area contributed by atoms with Gasteiger partial charge in [0.2, 0.25) is 0 Å². The Kier molecular flexibility index (Phi) is 8.42. The van der Waals surface area contributed by atoms with Crippen molar-refractivity contribution in [2.75, 3.05) is 0 Å². The molecule has 0 bridgehead atoms. The van der Waals surface area contributed by atoms with E-state index in [1.54, 1.807) is 6.92 Å². The standard InChI is InChI=1S/C25H32O.C2H6/c1-9-21(22-10-11-24(20(6)26)18(4)12-22)15-25(7,8)23-13-16(2)19(5)17(3)14-23;1-2/h9-14H,15H2,1-8H3;1-2H3/b21-9+;. The third-order valence-corrected chi connectivity index (χ3v) is 5.67. The average Bonchev–Trinajstić information content (AvgIpc) is 2.65. The summed E-state index contributed by atoms with van der Waals surface area (Å²) in [5.74, 6) is 0.127. The largest absolute Gasteiger partial charge is 0.295 e. The van der Waals surface area contributed by atoms with Gasteiger partial charge in [-0.3, -0.25) is 4.79 Å². The van der Waals surface area contributed by atoms with Gasteiger partial charge in [0.25, 0.3) is 0 Å². The second-order valence-electron chi connectivity index (χ2n) is 8.20. The smallest absolute Gasteiger partial charge is 0.160 e. The molecule has 1 nitrogen and oxygen atoms in total. The van der Waals surface area contributed by atoms with Crippen LogP contribution in [0.1, 0.15) is 91.7 Å². The van der Waals surface area contributed by atoms with Crippen LogP contribution in [0, 0.1) is 27.7 Å². The Morgan fingerprint density at radius 1 is 0.929 bits per heavy atom. The molecule has 0 amide bonds. The lowest BCUT2D eigenvalue weighted by molar-refractivity contribution is 0.101. The Labute approximate surface area is 172 Å². The van der Waals surface area contributed by atoms with Gasteiger partial charge in [0.1, 0.15) is 0 Å². The maximum atomic E-state index is 11.7. The minimum Gasteiger partial charge on any atom is -0.295 e. The van der Waals surface area contributed by atoms with E-state index in [4.69, 9.17) is 0 Å². The molecule has 1 heteroatoms. The molecule has 0 spiro atoms. The first-order chi connectivity index (χ1) is 13.1. The molecule has 0 fully saturated rings. The first kappa shape index (κ1) is 23.9. The Morgan fingerprint density at radius 3 is 1.89 bits per heavy atom. The SMILES string of the molecule is C/C=C(\CC(C)(C)c1cc(C)c(C)c(C)c1)c1ccc(C(C)=O)c(C)c1.CC. The van der Waals surface area contributed by atoms with Crippen LogP contribution in [0.3, 0.4) is 0 Å². The van der Waals surface area contributed by atoms with Gasteiger partial charge in [-0.25, -0.2) is 0 Å². The van der Waals surface area contributed by atoms with Crippen molar-refractivity contribution in [1.82, 2.24) is 0 Å². The number of hydrogen-bond acceptors (Lipinski definition) is 1. The molecule has 0 aliphatic heterocycles. The first-order valence-corrected chi connectivity index (χ1v) is 10.4. The highest BCUT2D eigenvalue weighted by Crippen LogP contribution is 2.36. The van der Waals surface area contributed by atoms with E-state index in [1.807, 2.05) is 26.8 Å². The number of carbonyl (C=O) groups excluding carboxylic acids is 1. The van der Waals surface area contributed by atoms with Gasteiger partial charge in [0, 0.05) is 5.56 Å². The summed E-state index contributed by atoms with van der Waals surface area (Å²) < 4.78 is 0. The van der Waals surface area contributed by atoms with Crippen LogP contribution < -0.4 is 0 Å². The lowest BCUT2D eigenvalue weighted by atomic mass is 9.76. The summed E-state index contributed by atoms with van der Waals surface area (Å²) in [7, 11) is 0. The van der Waals surface area contributed by atoms with Crippen molar-refractivity contribution in [3.05, 3.63) is 75.4 Å². The predicted octanol–water partition coefficient (Wildman–Crippen LogP) is 7.92. The molecule has 0 saturated heterocycles. The van der Waals surface area contributed by atoms with E-state index in [0.29, 0.717) is 0 Å². The van der Waals surface area contributed by atoms with Crippen molar-refractivity contribution in [3.8, 4) is 0 Å². The summed E-state index contributed by atoms with van der Waals surface area (Å²) in [5, 5.41) is 0. The fourth-order valence-corrected chi connectivity index (χ4v) is 3.63. The lowest BCUT2D eigenvalue weighted by Crippen LogP contribution is -2.18. The summed E-state index contributed by atoms with van der Waals surface area (Å²) in [4.78, 5) is 11.7. The van der Waals surface area contributed by atoms with E-state index in [-0.39, 0.29) is 11.2 Å². The molecule has 2 aromatic rings. The van der Waals surface area contributed by atoms with Gasteiger partial charge in [-0.15, -0.1) is 0 Å². The molecule has 0 N–H and O–H groups in total. The Bertz CT molecular complexity index is 843.